The van der Waals surface area contributed by atoms with Gasteiger partial charge in [0.25, 0.3) is 5.91 Å². The summed E-state index contributed by atoms with van der Waals surface area (Å²) in [6.45, 7) is 2.50. The maximum atomic E-state index is 12.2. The fraction of sp³-hybridized carbons (Fsp3) is 0.692. The van der Waals surface area contributed by atoms with Crippen molar-refractivity contribution in [2.24, 2.45) is 5.92 Å². The van der Waals surface area contributed by atoms with E-state index in [9.17, 15) is 19.2 Å². The molecule has 8 nitrogen and oxygen atoms in total. The second kappa shape index (κ2) is 6.55. The van der Waals surface area contributed by atoms with Gasteiger partial charge in [-0.15, -0.1) is 0 Å². The van der Waals surface area contributed by atoms with E-state index in [-0.39, 0.29) is 37.4 Å². The number of nitrogens with zero attached hydrogens (tertiary/aromatic N) is 2. The first kappa shape index (κ1) is 15.3. The minimum atomic E-state index is -0.549. The molecule has 1 N–H and O–H groups in total. The summed E-state index contributed by atoms with van der Waals surface area (Å²) in [5, 5.41) is 2.36. The highest BCUT2D eigenvalue weighted by Gasteiger charge is 2.34. The van der Waals surface area contributed by atoms with E-state index in [1.54, 1.807) is 6.92 Å². The van der Waals surface area contributed by atoms with Gasteiger partial charge >= 0.3 is 12.0 Å². The Bertz CT molecular complexity index is 449. The van der Waals surface area contributed by atoms with E-state index >= 15 is 0 Å². The van der Waals surface area contributed by atoms with Crippen molar-refractivity contribution in [3.8, 4) is 0 Å². The van der Waals surface area contributed by atoms with Gasteiger partial charge in [-0.25, -0.2) is 4.79 Å². The molecule has 0 aromatic heterocycles. The molecule has 2 saturated heterocycles. The highest BCUT2D eigenvalue weighted by molar-refractivity contribution is 6.04. The number of amides is 4. The van der Waals surface area contributed by atoms with Gasteiger partial charge in [0.1, 0.15) is 6.54 Å². The first-order valence-corrected chi connectivity index (χ1v) is 7.05. The number of carbonyl (C=O) groups is 4. The van der Waals surface area contributed by atoms with Gasteiger partial charge in [0, 0.05) is 13.1 Å². The normalized spacial score (nSPS) is 22.2. The SMILES string of the molecule is CCOC(=O)C1CCCN(C(=O)CN2C(=O)CNC2=O)C1. The van der Waals surface area contributed by atoms with E-state index in [2.05, 4.69) is 5.32 Å². The van der Waals surface area contributed by atoms with E-state index in [4.69, 9.17) is 4.74 Å². The summed E-state index contributed by atoms with van der Waals surface area (Å²) in [4.78, 5) is 49.2. The Morgan fingerprint density at radius 3 is 2.76 bits per heavy atom. The molecule has 21 heavy (non-hydrogen) atoms. The topological polar surface area (TPSA) is 96.0 Å². The Kier molecular flexibility index (Phi) is 4.77. The number of hydrogen-bond acceptors (Lipinski definition) is 5. The van der Waals surface area contributed by atoms with Crippen LogP contribution in [0.4, 0.5) is 4.79 Å². The Balaban J connectivity index is 1.91. The first-order chi connectivity index (χ1) is 10.0. The first-order valence-electron chi connectivity index (χ1n) is 7.05. The molecule has 0 aromatic rings. The molecule has 0 aromatic carbocycles. The Hall–Kier alpha value is -2.12. The monoisotopic (exact) mass is 297 g/mol. The smallest absolute Gasteiger partial charge is 0.325 e. The number of nitrogens with one attached hydrogen (secondary N) is 1. The number of urea groups is 1. The number of piperidine rings is 1. The third kappa shape index (κ3) is 3.50. The second-order valence-electron chi connectivity index (χ2n) is 5.07. The van der Waals surface area contributed by atoms with Gasteiger partial charge < -0.3 is 15.0 Å². The minimum absolute atomic E-state index is 0.0719. The van der Waals surface area contributed by atoms with Crippen LogP contribution in [0.15, 0.2) is 0 Å². The highest BCUT2D eigenvalue weighted by Crippen LogP contribution is 2.18. The van der Waals surface area contributed by atoms with Crippen molar-refractivity contribution < 1.29 is 23.9 Å². The van der Waals surface area contributed by atoms with E-state index in [0.717, 1.165) is 4.90 Å². The van der Waals surface area contributed by atoms with Gasteiger partial charge in [-0.1, -0.05) is 0 Å². The molecule has 1 unspecified atom stereocenters. The van der Waals surface area contributed by atoms with Gasteiger partial charge in [0.15, 0.2) is 0 Å². The molecule has 0 radical (unpaired) electrons. The average molecular weight is 297 g/mol. The summed E-state index contributed by atoms with van der Waals surface area (Å²) in [5.41, 5.74) is 0. The van der Waals surface area contributed by atoms with Crippen molar-refractivity contribution >= 4 is 23.8 Å². The Labute approximate surface area is 122 Å². The van der Waals surface area contributed by atoms with Crippen LogP contribution in [0.3, 0.4) is 0 Å². The number of imide groups is 1. The van der Waals surface area contributed by atoms with Gasteiger partial charge in [0.05, 0.1) is 19.1 Å². The van der Waals surface area contributed by atoms with E-state index in [0.29, 0.717) is 26.0 Å². The molecule has 2 rings (SSSR count). The van der Waals surface area contributed by atoms with Crippen molar-refractivity contribution in [3.05, 3.63) is 0 Å². The quantitative estimate of drug-likeness (QED) is 0.549. The predicted octanol–water partition coefficient (Wildman–Crippen LogP) is -0.660. The molecule has 1 atom stereocenters. The summed E-state index contributed by atoms with van der Waals surface area (Å²) in [7, 11) is 0. The van der Waals surface area contributed by atoms with Crippen LogP contribution in [-0.4, -0.2) is 66.4 Å². The number of esters is 1. The maximum absolute atomic E-state index is 12.2. The summed E-state index contributed by atoms with van der Waals surface area (Å²) < 4.78 is 4.97. The lowest BCUT2D eigenvalue weighted by Crippen LogP contribution is -2.48. The van der Waals surface area contributed by atoms with Crippen LogP contribution in [0.5, 0.6) is 0 Å². The summed E-state index contributed by atoms with van der Waals surface area (Å²) >= 11 is 0. The number of carbonyl (C=O) groups excluding carboxylic acids is 4. The van der Waals surface area contributed by atoms with Crippen LogP contribution >= 0.6 is 0 Å². The fourth-order valence-electron chi connectivity index (χ4n) is 2.51. The van der Waals surface area contributed by atoms with Crippen molar-refractivity contribution in [3.63, 3.8) is 0 Å². The minimum Gasteiger partial charge on any atom is -0.466 e. The molecule has 8 heteroatoms. The van der Waals surface area contributed by atoms with Crippen LogP contribution in [0, 0.1) is 5.92 Å². The summed E-state index contributed by atoms with van der Waals surface area (Å²) in [6.07, 6.45) is 1.39. The molecular weight excluding hydrogens is 278 g/mol. The predicted molar refractivity (Wildman–Crippen MR) is 71.0 cm³/mol. The lowest BCUT2D eigenvalue weighted by Gasteiger charge is -2.32. The van der Waals surface area contributed by atoms with Crippen LogP contribution in [0.1, 0.15) is 19.8 Å². The number of rotatable bonds is 4. The molecule has 0 spiro atoms. The van der Waals surface area contributed by atoms with Gasteiger partial charge in [0.2, 0.25) is 5.91 Å². The van der Waals surface area contributed by atoms with Crippen LogP contribution < -0.4 is 5.32 Å². The van der Waals surface area contributed by atoms with Crippen molar-refractivity contribution in [2.45, 2.75) is 19.8 Å². The Morgan fingerprint density at radius 2 is 2.14 bits per heavy atom. The Morgan fingerprint density at radius 1 is 1.38 bits per heavy atom. The largest absolute Gasteiger partial charge is 0.466 e. The standard InChI is InChI=1S/C13H19N3O5/c1-2-21-12(19)9-4-3-5-15(7-9)11(18)8-16-10(17)6-14-13(16)20/h9H,2-8H2,1H3,(H,14,20). The molecule has 2 fully saturated rings. The third-order valence-corrected chi connectivity index (χ3v) is 3.62. The molecule has 0 bridgehead atoms. The van der Waals surface area contributed by atoms with Gasteiger partial charge in [-0.2, -0.15) is 0 Å². The molecule has 0 aliphatic carbocycles. The summed E-state index contributed by atoms with van der Waals surface area (Å²) in [5.74, 6) is -1.36. The van der Waals surface area contributed by atoms with Gasteiger partial charge in [-0.05, 0) is 19.8 Å². The van der Waals surface area contributed by atoms with Crippen LogP contribution in [0.2, 0.25) is 0 Å². The highest BCUT2D eigenvalue weighted by atomic mass is 16.5. The molecule has 116 valence electrons. The molecule has 4 amide bonds. The molecule has 0 saturated carbocycles. The number of ether oxygens (including phenoxy) is 1. The molecular formula is C13H19N3O5. The van der Waals surface area contributed by atoms with E-state index in [1.807, 2.05) is 0 Å². The zero-order valence-electron chi connectivity index (χ0n) is 12.0. The second-order valence-corrected chi connectivity index (χ2v) is 5.07. The van der Waals surface area contributed by atoms with Crippen molar-refractivity contribution in [1.29, 1.82) is 0 Å². The molecule has 2 aliphatic rings. The fourth-order valence-corrected chi connectivity index (χ4v) is 2.51. The number of hydrogen-bond donors (Lipinski definition) is 1. The van der Waals surface area contributed by atoms with E-state index < -0.39 is 11.9 Å². The van der Waals surface area contributed by atoms with Crippen molar-refractivity contribution in [1.82, 2.24) is 15.1 Å². The van der Waals surface area contributed by atoms with Gasteiger partial charge in [-0.3, -0.25) is 19.3 Å². The van der Waals surface area contributed by atoms with Crippen LogP contribution in [-0.2, 0) is 19.1 Å². The zero-order chi connectivity index (χ0) is 15.4. The summed E-state index contributed by atoms with van der Waals surface area (Å²) in [6, 6.07) is -0.549. The number of likely N-dealkylation sites (tertiary alicyclic amines) is 1. The lowest BCUT2D eigenvalue weighted by molar-refractivity contribution is -0.151. The van der Waals surface area contributed by atoms with Crippen molar-refractivity contribution in [2.75, 3.05) is 32.8 Å². The zero-order valence-corrected chi connectivity index (χ0v) is 12.0. The maximum Gasteiger partial charge on any atom is 0.325 e. The van der Waals surface area contributed by atoms with E-state index in [1.165, 1.54) is 4.90 Å². The lowest BCUT2D eigenvalue weighted by atomic mass is 9.98. The van der Waals surface area contributed by atoms with Crippen LogP contribution in [0.25, 0.3) is 0 Å². The molecule has 2 aliphatic heterocycles. The average Bonchev–Trinajstić information content (AvgIpc) is 2.79. The molecule has 2 heterocycles. The third-order valence-electron chi connectivity index (χ3n) is 3.62.